The highest BCUT2D eigenvalue weighted by molar-refractivity contribution is 5.91. The van der Waals surface area contributed by atoms with Crippen LogP contribution in [0.5, 0.6) is 0 Å². The van der Waals surface area contributed by atoms with Gasteiger partial charge < -0.3 is 15.4 Å². The number of anilines is 1. The number of hydrogen-bond donors (Lipinski definition) is 2. The Balaban J connectivity index is 1.75. The first kappa shape index (κ1) is 17.6. The van der Waals surface area contributed by atoms with Crippen LogP contribution in [0.15, 0.2) is 36.4 Å². The minimum atomic E-state index is -0.0776. The van der Waals surface area contributed by atoms with E-state index < -0.39 is 0 Å². The third-order valence-corrected chi connectivity index (χ3v) is 4.54. The molecule has 0 bridgehead atoms. The standard InChI is InChI=1S/C19H26N4O2/c1-25-12-11-20-14-19(24)21-18-13-17(15-7-5-6-8-15)22-23(18)16-9-3-2-4-10-16/h2-4,9-10,13,15,20H,5-8,11-12,14H2,1H3,(H,21,24). The molecule has 134 valence electrons. The van der Waals surface area contributed by atoms with Crippen molar-refractivity contribution in [2.75, 3.05) is 32.1 Å². The van der Waals surface area contributed by atoms with Gasteiger partial charge in [0.2, 0.25) is 5.91 Å². The van der Waals surface area contributed by atoms with E-state index in [0.717, 1.165) is 17.2 Å². The van der Waals surface area contributed by atoms with Crippen molar-refractivity contribution in [3.63, 3.8) is 0 Å². The summed E-state index contributed by atoms with van der Waals surface area (Å²) < 4.78 is 6.80. The molecule has 0 spiro atoms. The van der Waals surface area contributed by atoms with Crippen LogP contribution < -0.4 is 10.6 Å². The van der Waals surface area contributed by atoms with Crippen molar-refractivity contribution >= 4 is 11.7 Å². The number of rotatable bonds is 8. The number of nitrogens with one attached hydrogen (secondary N) is 2. The minimum absolute atomic E-state index is 0.0776. The zero-order chi connectivity index (χ0) is 17.5. The zero-order valence-electron chi connectivity index (χ0n) is 14.7. The molecule has 1 amide bonds. The molecule has 1 heterocycles. The third-order valence-electron chi connectivity index (χ3n) is 4.54. The molecule has 2 aromatic rings. The minimum Gasteiger partial charge on any atom is -0.383 e. The summed E-state index contributed by atoms with van der Waals surface area (Å²) in [5.74, 6) is 1.15. The normalized spacial score (nSPS) is 14.8. The highest BCUT2D eigenvalue weighted by Gasteiger charge is 2.22. The summed E-state index contributed by atoms with van der Waals surface area (Å²) in [5, 5.41) is 10.8. The lowest BCUT2D eigenvalue weighted by atomic mass is 10.0. The Morgan fingerprint density at radius 2 is 2.04 bits per heavy atom. The molecule has 0 saturated heterocycles. The van der Waals surface area contributed by atoms with E-state index in [1.54, 1.807) is 7.11 Å². The first-order valence-corrected chi connectivity index (χ1v) is 8.93. The molecule has 1 saturated carbocycles. The fraction of sp³-hybridized carbons (Fsp3) is 0.474. The van der Waals surface area contributed by atoms with Gasteiger partial charge in [-0.1, -0.05) is 31.0 Å². The largest absolute Gasteiger partial charge is 0.383 e. The summed E-state index contributed by atoms with van der Waals surface area (Å²) in [5.41, 5.74) is 2.03. The summed E-state index contributed by atoms with van der Waals surface area (Å²) in [6.07, 6.45) is 4.87. The van der Waals surface area contributed by atoms with Gasteiger partial charge in [-0.3, -0.25) is 4.79 Å². The van der Waals surface area contributed by atoms with Crippen LogP contribution in [0.3, 0.4) is 0 Å². The average Bonchev–Trinajstić information content (AvgIpc) is 3.29. The fourth-order valence-corrected chi connectivity index (χ4v) is 3.24. The fourth-order valence-electron chi connectivity index (χ4n) is 3.24. The molecule has 6 nitrogen and oxygen atoms in total. The van der Waals surface area contributed by atoms with E-state index >= 15 is 0 Å². The van der Waals surface area contributed by atoms with Crippen LogP contribution in [0.4, 0.5) is 5.82 Å². The first-order chi connectivity index (χ1) is 12.3. The lowest BCUT2D eigenvalue weighted by Crippen LogP contribution is -2.30. The van der Waals surface area contributed by atoms with Crippen molar-refractivity contribution < 1.29 is 9.53 Å². The molecule has 0 aliphatic heterocycles. The molecular weight excluding hydrogens is 316 g/mol. The van der Waals surface area contributed by atoms with E-state index in [1.165, 1.54) is 25.7 Å². The molecule has 1 aliphatic rings. The quantitative estimate of drug-likeness (QED) is 0.724. The Bertz CT molecular complexity index is 678. The Kier molecular flexibility index (Phi) is 6.19. The second-order valence-electron chi connectivity index (χ2n) is 6.40. The van der Waals surface area contributed by atoms with Gasteiger partial charge >= 0.3 is 0 Å². The van der Waals surface area contributed by atoms with Gasteiger partial charge in [0.1, 0.15) is 5.82 Å². The molecule has 1 fully saturated rings. The second-order valence-corrected chi connectivity index (χ2v) is 6.40. The molecule has 1 aliphatic carbocycles. The van der Waals surface area contributed by atoms with Crippen LogP contribution in [-0.4, -0.2) is 42.5 Å². The van der Waals surface area contributed by atoms with Gasteiger partial charge in [-0.2, -0.15) is 5.10 Å². The molecule has 1 aromatic carbocycles. The number of carbonyl (C=O) groups excluding carboxylic acids is 1. The number of methoxy groups -OCH3 is 1. The summed E-state index contributed by atoms with van der Waals surface area (Å²) in [4.78, 5) is 12.2. The molecule has 1 aromatic heterocycles. The Hall–Kier alpha value is -2.18. The van der Waals surface area contributed by atoms with Crippen molar-refractivity contribution in [3.05, 3.63) is 42.1 Å². The maximum Gasteiger partial charge on any atom is 0.239 e. The summed E-state index contributed by atoms with van der Waals surface area (Å²) in [7, 11) is 1.64. The summed E-state index contributed by atoms with van der Waals surface area (Å²) in [6.45, 7) is 1.48. The van der Waals surface area contributed by atoms with Gasteiger partial charge in [-0.25, -0.2) is 4.68 Å². The number of aromatic nitrogens is 2. The number of carbonyl (C=O) groups is 1. The number of para-hydroxylation sites is 1. The van der Waals surface area contributed by atoms with Gasteiger partial charge in [-0.15, -0.1) is 0 Å². The van der Waals surface area contributed by atoms with Gasteiger partial charge in [0.25, 0.3) is 0 Å². The smallest absolute Gasteiger partial charge is 0.239 e. The van der Waals surface area contributed by atoms with E-state index in [4.69, 9.17) is 9.84 Å². The van der Waals surface area contributed by atoms with E-state index in [2.05, 4.69) is 10.6 Å². The first-order valence-electron chi connectivity index (χ1n) is 8.93. The molecule has 2 N–H and O–H groups in total. The van der Waals surface area contributed by atoms with Gasteiger partial charge in [-0.05, 0) is 25.0 Å². The number of benzene rings is 1. The van der Waals surface area contributed by atoms with Crippen LogP contribution in [0, 0.1) is 0 Å². The van der Waals surface area contributed by atoms with Crippen molar-refractivity contribution in [1.82, 2.24) is 15.1 Å². The number of nitrogens with zero attached hydrogens (tertiary/aromatic N) is 2. The molecule has 0 unspecified atom stereocenters. The SMILES string of the molecule is COCCNCC(=O)Nc1cc(C2CCCC2)nn1-c1ccccc1. The monoisotopic (exact) mass is 342 g/mol. The topological polar surface area (TPSA) is 68.2 Å². The number of amides is 1. The van der Waals surface area contributed by atoms with Crippen molar-refractivity contribution in [3.8, 4) is 5.69 Å². The third kappa shape index (κ3) is 4.67. The Morgan fingerprint density at radius 3 is 2.76 bits per heavy atom. The summed E-state index contributed by atoms with van der Waals surface area (Å²) in [6, 6.07) is 11.9. The zero-order valence-corrected chi connectivity index (χ0v) is 14.7. The average molecular weight is 342 g/mol. The van der Waals surface area contributed by atoms with Crippen molar-refractivity contribution in [2.24, 2.45) is 0 Å². The Labute approximate surface area is 148 Å². The van der Waals surface area contributed by atoms with Gasteiger partial charge in [0.15, 0.2) is 0 Å². The molecule has 25 heavy (non-hydrogen) atoms. The number of hydrogen-bond acceptors (Lipinski definition) is 4. The van der Waals surface area contributed by atoms with Crippen LogP contribution in [0.1, 0.15) is 37.3 Å². The van der Waals surface area contributed by atoms with E-state index in [9.17, 15) is 4.79 Å². The lowest BCUT2D eigenvalue weighted by Gasteiger charge is -2.09. The van der Waals surface area contributed by atoms with Crippen LogP contribution in [0.2, 0.25) is 0 Å². The maximum atomic E-state index is 12.2. The molecule has 0 radical (unpaired) electrons. The maximum absolute atomic E-state index is 12.2. The lowest BCUT2D eigenvalue weighted by molar-refractivity contribution is -0.115. The van der Waals surface area contributed by atoms with Crippen molar-refractivity contribution in [1.29, 1.82) is 0 Å². The Morgan fingerprint density at radius 1 is 1.28 bits per heavy atom. The van der Waals surface area contributed by atoms with Crippen LogP contribution >= 0.6 is 0 Å². The molecule has 0 atom stereocenters. The summed E-state index contributed by atoms with van der Waals surface area (Å²) >= 11 is 0. The molecule has 6 heteroatoms. The van der Waals surface area contributed by atoms with E-state index in [-0.39, 0.29) is 12.5 Å². The van der Waals surface area contributed by atoms with E-state index in [0.29, 0.717) is 19.1 Å². The van der Waals surface area contributed by atoms with Gasteiger partial charge in [0, 0.05) is 25.6 Å². The van der Waals surface area contributed by atoms with Crippen LogP contribution in [0.25, 0.3) is 5.69 Å². The van der Waals surface area contributed by atoms with E-state index in [1.807, 2.05) is 41.1 Å². The molecule has 3 rings (SSSR count). The van der Waals surface area contributed by atoms with Crippen LogP contribution in [-0.2, 0) is 9.53 Å². The predicted octanol–water partition coefficient (Wildman–Crippen LogP) is 2.70. The molecular formula is C19H26N4O2. The van der Waals surface area contributed by atoms with Gasteiger partial charge in [0.05, 0.1) is 24.5 Å². The second kappa shape index (κ2) is 8.78. The highest BCUT2D eigenvalue weighted by atomic mass is 16.5. The highest BCUT2D eigenvalue weighted by Crippen LogP contribution is 2.35. The number of ether oxygens (including phenoxy) is 1. The van der Waals surface area contributed by atoms with Crippen molar-refractivity contribution in [2.45, 2.75) is 31.6 Å². The predicted molar refractivity (Wildman–Crippen MR) is 98.1 cm³/mol.